The number of amides is 2. The van der Waals surface area contributed by atoms with Gasteiger partial charge in [-0.3, -0.25) is 9.59 Å². The third-order valence-corrected chi connectivity index (χ3v) is 5.33. The predicted octanol–water partition coefficient (Wildman–Crippen LogP) is 2.02. The van der Waals surface area contributed by atoms with Gasteiger partial charge in [-0.25, -0.2) is 0 Å². The van der Waals surface area contributed by atoms with E-state index < -0.39 is 6.04 Å². The molecule has 0 aromatic heterocycles. The molecule has 0 aliphatic carbocycles. The molecular formula is C19H26N2O4. The highest BCUT2D eigenvalue weighted by Crippen LogP contribution is 2.27. The first kappa shape index (κ1) is 17.7. The van der Waals surface area contributed by atoms with Crippen molar-refractivity contribution >= 4 is 11.8 Å². The fourth-order valence-corrected chi connectivity index (χ4v) is 3.62. The van der Waals surface area contributed by atoms with Crippen LogP contribution in [0.15, 0.2) is 24.3 Å². The van der Waals surface area contributed by atoms with Crippen LogP contribution < -0.4 is 0 Å². The van der Waals surface area contributed by atoms with Crippen LogP contribution in [-0.4, -0.2) is 64.6 Å². The Morgan fingerprint density at radius 3 is 2.80 bits per heavy atom. The van der Waals surface area contributed by atoms with E-state index in [1.165, 1.54) is 6.07 Å². The highest BCUT2D eigenvalue weighted by atomic mass is 16.5. The smallest absolute Gasteiger partial charge is 0.258 e. The Bertz CT molecular complexity index is 663. The Balaban J connectivity index is 1.76. The monoisotopic (exact) mass is 346 g/mol. The molecule has 1 aromatic rings. The average Bonchev–Trinajstić information content (AvgIpc) is 3.10. The third kappa shape index (κ3) is 3.49. The number of para-hydroxylation sites is 1. The number of carbonyl (C=O) groups is 2. The minimum Gasteiger partial charge on any atom is -0.507 e. The lowest BCUT2D eigenvalue weighted by atomic mass is 10.00. The molecule has 2 amide bonds. The van der Waals surface area contributed by atoms with E-state index in [2.05, 4.69) is 6.92 Å². The van der Waals surface area contributed by atoms with Gasteiger partial charge in [0.2, 0.25) is 5.91 Å². The van der Waals surface area contributed by atoms with Gasteiger partial charge in [-0.1, -0.05) is 19.1 Å². The molecule has 2 saturated heterocycles. The summed E-state index contributed by atoms with van der Waals surface area (Å²) in [7, 11) is 0. The van der Waals surface area contributed by atoms with Gasteiger partial charge in [0.25, 0.3) is 5.91 Å². The van der Waals surface area contributed by atoms with Crippen LogP contribution in [0, 0.1) is 0 Å². The molecule has 0 bridgehead atoms. The Labute approximate surface area is 148 Å². The van der Waals surface area contributed by atoms with Gasteiger partial charge in [0.05, 0.1) is 17.8 Å². The lowest BCUT2D eigenvalue weighted by Gasteiger charge is -2.41. The van der Waals surface area contributed by atoms with Gasteiger partial charge in [0.15, 0.2) is 0 Å². The van der Waals surface area contributed by atoms with Gasteiger partial charge in [0, 0.05) is 19.6 Å². The van der Waals surface area contributed by atoms with E-state index >= 15 is 0 Å². The Kier molecular flexibility index (Phi) is 4.99. The first-order chi connectivity index (χ1) is 11.9. The van der Waals surface area contributed by atoms with Crippen molar-refractivity contribution in [2.45, 2.75) is 44.8 Å². The van der Waals surface area contributed by atoms with E-state index in [9.17, 15) is 14.7 Å². The van der Waals surface area contributed by atoms with Crippen molar-refractivity contribution in [3.8, 4) is 5.75 Å². The van der Waals surface area contributed by atoms with Crippen molar-refractivity contribution in [2.24, 2.45) is 0 Å². The number of morpholine rings is 1. The number of phenols is 1. The zero-order chi connectivity index (χ0) is 18.0. The molecule has 6 heteroatoms. The van der Waals surface area contributed by atoms with Crippen molar-refractivity contribution in [3.05, 3.63) is 29.8 Å². The van der Waals surface area contributed by atoms with Crippen molar-refractivity contribution in [1.82, 2.24) is 9.80 Å². The maximum atomic E-state index is 13.0. The van der Waals surface area contributed by atoms with E-state index in [0.29, 0.717) is 32.7 Å². The first-order valence-electron chi connectivity index (χ1n) is 8.97. The number of likely N-dealkylation sites (tertiary alicyclic amines) is 1. The van der Waals surface area contributed by atoms with E-state index in [0.717, 1.165) is 12.8 Å². The fraction of sp³-hybridized carbons (Fsp3) is 0.579. The molecule has 0 saturated carbocycles. The van der Waals surface area contributed by atoms with Crippen molar-refractivity contribution < 1.29 is 19.4 Å². The first-order valence-corrected chi connectivity index (χ1v) is 8.97. The molecule has 1 N–H and O–H groups in total. The second-order valence-corrected chi connectivity index (χ2v) is 7.09. The van der Waals surface area contributed by atoms with Gasteiger partial charge in [-0.05, 0) is 38.3 Å². The molecule has 2 atom stereocenters. The number of phenolic OH excluding ortho intramolecular Hbond substituents is 1. The average molecular weight is 346 g/mol. The maximum Gasteiger partial charge on any atom is 0.258 e. The minimum absolute atomic E-state index is 0.00996. The lowest BCUT2D eigenvalue weighted by molar-refractivity contribution is -0.152. The Hall–Kier alpha value is -2.08. The quantitative estimate of drug-likeness (QED) is 0.909. The molecule has 2 aliphatic heterocycles. The van der Waals surface area contributed by atoms with E-state index in [-0.39, 0.29) is 28.7 Å². The van der Waals surface area contributed by atoms with Crippen LogP contribution in [0.3, 0.4) is 0 Å². The molecule has 2 aliphatic rings. The predicted molar refractivity (Wildman–Crippen MR) is 93.4 cm³/mol. The van der Waals surface area contributed by atoms with E-state index in [4.69, 9.17) is 4.74 Å². The van der Waals surface area contributed by atoms with Crippen LogP contribution in [-0.2, 0) is 9.53 Å². The summed E-state index contributed by atoms with van der Waals surface area (Å²) in [5, 5.41) is 9.96. The largest absolute Gasteiger partial charge is 0.507 e. The van der Waals surface area contributed by atoms with Crippen LogP contribution in [0.1, 0.15) is 43.5 Å². The third-order valence-electron chi connectivity index (χ3n) is 5.33. The lowest BCUT2D eigenvalue weighted by Crippen LogP contribution is -2.56. The standard InChI is InChI=1S/C19H26N2O4/c1-3-19(2)13-20(11-12-25-19)18(24)15-8-6-10-21(15)17(23)14-7-4-5-9-16(14)22/h4-5,7,9,15,22H,3,6,8,10-13H2,1-2H3. The number of carbonyl (C=O) groups excluding carboxylic acids is 2. The molecule has 136 valence electrons. The maximum absolute atomic E-state index is 13.0. The molecule has 1 aromatic carbocycles. The number of ether oxygens (including phenoxy) is 1. The van der Waals surface area contributed by atoms with Gasteiger partial charge < -0.3 is 19.6 Å². The summed E-state index contributed by atoms with van der Waals surface area (Å²) in [6.45, 7) is 6.25. The van der Waals surface area contributed by atoms with Gasteiger partial charge in [-0.15, -0.1) is 0 Å². The number of aromatic hydroxyl groups is 1. The molecule has 6 nitrogen and oxygen atoms in total. The summed E-state index contributed by atoms with van der Waals surface area (Å²) in [6, 6.07) is 6.04. The molecular weight excluding hydrogens is 320 g/mol. The van der Waals surface area contributed by atoms with Crippen LogP contribution in [0.4, 0.5) is 0 Å². The molecule has 2 fully saturated rings. The fourth-order valence-electron chi connectivity index (χ4n) is 3.62. The van der Waals surface area contributed by atoms with Gasteiger partial charge in [0.1, 0.15) is 11.8 Å². The molecule has 2 heterocycles. The summed E-state index contributed by atoms with van der Waals surface area (Å²) in [6.07, 6.45) is 2.30. The number of benzene rings is 1. The van der Waals surface area contributed by atoms with Crippen molar-refractivity contribution in [3.63, 3.8) is 0 Å². The van der Waals surface area contributed by atoms with E-state index in [1.807, 2.05) is 11.8 Å². The second kappa shape index (κ2) is 7.04. The molecule has 0 spiro atoms. The molecule has 2 unspecified atom stereocenters. The highest BCUT2D eigenvalue weighted by molar-refractivity contribution is 5.99. The number of nitrogens with zero attached hydrogens (tertiary/aromatic N) is 2. The summed E-state index contributed by atoms with van der Waals surface area (Å²) in [5.41, 5.74) is -0.0680. The van der Waals surface area contributed by atoms with E-state index in [1.54, 1.807) is 23.1 Å². The molecule has 25 heavy (non-hydrogen) atoms. The summed E-state index contributed by atoms with van der Waals surface area (Å²) in [4.78, 5) is 29.3. The zero-order valence-electron chi connectivity index (χ0n) is 14.9. The normalized spacial score (nSPS) is 26.7. The summed E-state index contributed by atoms with van der Waals surface area (Å²) in [5.74, 6) is -0.333. The summed E-state index contributed by atoms with van der Waals surface area (Å²) >= 11 is 0. The highest BCUT2D eigenvalue weighted by Gasteiger charge is 2.40. The minimum atomic E-state index is -0.452. The number of rotatable bonds is 3. The second-order valence-electron chi connectivity index (χ2n) is 7.09. The van der Waals surface area contributed by atoms with Crippen LogP contribution in [0.25, 0.3) is 0 Å². The van der Waals surface area contributed by atoms with Crippen molar-refractivity contribution in [1.29, 1.82) is 0 Å². The topological polar surface area (TPSA) is 70.1 Å². The van der Waals surface area contributed by atoms with Crippen LogP contribution in [0.5, 0.6) is 5.75 Å². The number of hydrogen-bond acceptors (Lipinski definition) is 4. The Morgan fingerprint density at radius 1 is 1.32 bits per heavy atom. The van der Waals surface area contributed by atoms with Gasteiger partial charge >= 0.3 is 0 Å². The SMILES string of the molecule is CCC1(C)CN(C(=O)C2CCCN2C(=O)c2ccccc2O)CCO1. The summed E-state index contributed by atoms with van der Waals surface area (Å²) < 4.78 is 5.81. The Morgan fingerprint density at radius 2 is 2.08 bits per heavy atom. The molecule has 3 rings (SSSR count). The molecule has 0 radical (unpaired) electrons. The number of hydrogen-bond donors (Lipinski definition) is 1. The zero-order valence-corrected chi connectivity index (χ0v) is 14.9. The van der Waals surface area contributed by atoms with Crippen LogP contribution in [0.2, 0.25) is 0 Å². The van der Waals surface area contributed by atoms with Crippen molar-refractivity contribution in [2.75, 3.05) is 26.2 Å². The van der Waals surface area contributed by atoms with Crippen LogP contribution >= 0.6 is 0 Å². The van der Waals surface area contributed by atoms with Gasteiger partial charge in [-0.2, -0.15) is 0 Å².